The lowest BCUT2D eigenvalue weighted by molar-refractivity contribution is -0.132. The monoisotopic (exact) mass is 224 g/mol. The number of thiol groups is 1. The lowest BCUT2D eigenvalue weighted by Gasteiger charge is -2.21. The second-order valence-corrected chi connectivity index (χ2v) is 4.31. The molecule has 2 unspecified atom stereocenters. The molecule has 0 N–H and O–H groups in total. The van der Waals surface area contributed by atoms with Crippen LogP contribution in [0, 0.1) is 0 Å². The van der Waals surface area contributed by atoms with Crippen molar-refractivity contribution in [2.24, 2.45) is 0 Å². The number of carbonyl (C=O) groups excluding carboxylic acids is 1. The van der Waals surface area contributed by atoms with Gasteiger partial charge in [-0.2, -0.15) is 12.6 Å². The molecular formula is C8H17ClN2OS. The number of likely N-dealkylation sites (N-methyl/N-ethyl adjacent to an activating group) is 2. The third-order valence-corrected chi connectivity index (χ3v) is 2.63. The molecule has 0 aromatic heterocycles. The van der Waals surface area contributed by atoms with Crippen LogP contribution in [0.15, 0.2) is 0 Å². The minimum Gasteiger partial charge on any atom is -0.347 e. The fourth-order valence-corrected chi connectivity index (χ4v) is 2.02. The van der Waals surface area contributed by atoms with Crippen molar-refractivity contribution in [3.63, 3.8) is 0 Å². The number of halogens is 1. The van der Waals surface area contributed by atoms with E-state index in [0.29, 0.717) is 5.25 Å². The van der Waals surface area contributed by atoms with Gasteiger partial charge in [-0.1, -0.05) is 0 Å². The fraction of sp³-hybridized carbons (Fsp3) is 0.875. The highest BCUT2D eigenvalue weighted by Gasteiger charge is 2.33. The summed E-state index contributed by atoms with van der Waals surface area (Å²) in [5.41, 5.74) is 0. The molecular weight excluding hydrogens is 208 g/mol. The van der Waals surface area contributed by atoms with Gasteiger partial charge >= 0.3 is 0 Å². The Balaban J connectivity index is 0.00000144. The quantitative estimate of drug-likeness (QED) is 0.656. The maximum absolute atomic E-state index is 11.6. The molecule has 5 heteroatoms. The van der Waals surface area contributed by atoms with Gasteiger partial charge in [0.15, 0.2) is 0 Å². The molecule has 1 aliphatic rings. The standard InChI is InChI=1S/C8H16N2OS.ClH/c1-9(2)8(11)7-4-6(12)5-10(7)3;/h6-7,12H,4-5H2,1-3H3;1H. The second-order valence-electron chi connectivity index (χ2n) is 3.58. The molecule has 0 aliphatic carbocycles. The molecule has 0 aromatic rings. The molecule has 2 atom stereocenters. The fourth-order valence-electron chi connectivity index (χ4n) is 1.56. The first-order chi connectivity index (χ1) is 5.52. The Hall–Kier alpha value is 0.0700. The first-order valence-corrected chi connectivity index (χ1v) is 4.63. The number of hydrogen-bond donors (Lipinski definition) is 1. The van der Waals surface area contributed by atoms with Crippen molar-refractivity contribution in [1.82, 2.24) is 9.80 Å². The highest BCUT2D eigenvalue weighted by Crippen LogP contribution is 2.20. The lowest BCUT2D eigenvalue weighted by atomic mass is 10.2. The van der Waals surface area contributed by atoms with Crippen molar-refractivity contribution < 1.29 is 4.79 Å². The van der Waals surface area contributed by atoms with Crippen LogP contribution in [0.25, 0.3) is 0 Å². The first kappa shape index (κ1) is 13.1. The third kappa shape index (κ3) is 3.04. The van der Waals surface area contributed by atoms with Crippen molar-refractivity contribution in [3.8, 4) is 0 Å². The van der Waals surface area contributed by atoms with E-state index in [1.807, 2.05) is 7.05 Å². The van der Waals surface area contributed by atoms with Gasteiger partial charge in [-0.15, -0.1) is 12.4 Å². The smallest absolute Gasteiger partial charge is 0.239 e. The van der Waals surface area contributed by atoms with Crippen LogP contribution in [0.5, 0.6) is 0 Å². The molecule has 1 rings (SSSR count). The van der Waals surface area contributed by atoms with Crippen LogP contribution in [-0.2, 0) is 4.79 Å². The maximum Gasteiger partial charge on any atom is 0.239 e. The Labute approximate surface area is 91.3 Å². The van der Waals surface area contributed by atoms with Gasteiger partial charge in [0.2, 0.25) is 5.91 Å². The average molecular weight is 225 g/mol. The van der Waals surface area contributed by atoms with E-state index < -0.39 is 0 Å². The van der Waals surface area contributed by atoms with Crippen molar-refractivity contribution in [3.05, 3.63) is 0 Å². The van der Waals surface area contributed by atoms with E-state index in [-0.39, 0.29) is 24.4 Å². The van der Waals surface area contributed by atoms with Crippen LogP contribution in [0.3, 0.4) is 0 Å². The largest absolute Gasteiger partial charge is 0.347 e. The average Bonchev–Trinajstić information content (AvgIpc) is 2.28. The van der Waals surface area contributed by atoms with Crippen molar-refractivity contribution >= 4 is 30.9 Å². The van der Waals surface area contributed by atoms with Crippen LogP contribution < -0.4 is 0 Å². The number of hydrogen-bond acceptors (Lipinski definition) is 3. The van der Waals surface area contributed by atoms with Crippen molar-refractivity contribution in [2.75, 3.05) is 27.7 Å². The van der Waals surface area contributed by atoms with E-state index in [1.54, 1.807) is 19.0 Å². The molecule has 0 radical (unpaired) electrons. The van der Waals surface area contributed by atoms with E-state index >= 15 is 0 Å². The van der Waals surface area contributed by atoms with Gasteiger partial charge in [0.25, 0.3) is 0 Å². The van der Waals surface area contributed by atoms with E-state index in [9.17, 15) is 4.79 Å². The summed E-state index contributed by atoms with van der Waals surface area (Å²) in [6.07, 6.45) is 0.872. The number of rotatable bonds is 1. The van der Waals surface area contributed by atoms with Crippen molar-refractivity contribution in [1.29, 1.82) is 0 Å². The Kier molecular flexibility index (Phi) is 5.10. The van der Waals surface area contributed by atoms with E-state index in [1.165, 1.54) is 0 Å². The van der Waals surface area contributed by atoms with Gasteiger partial charge < -0.3 is 4.90 Å². The zero-order valence-corrected chi connectivity index (χ0v) is 9.94. The van der Waals surface area contributed by atoms with Crippen molar-refractivity contribution in [2.45, 2.75) is 17.7 Å². The van der Waals surface area contributed by atoms with Gasteiger partial charge in [0.1, 0.15) is 0 Å². The Morgan fingerprint density at radius 3 is 2.38 bits per heavy atom. The van der Waals surface area contributed by atoms with Gasteiger partial charge in [-0.3, -0.25) is 9.69 Å². The SMILES string of the molecule is CN(C)C(=O)C1CC(S)CN1C.Cl. The molecule has 1 fully saturated rings. The summed E-state index contributed by atoms with van der Waals surface area (Å²) in [5.74, 6) is 0.189. The normalized spacial score (nSPS) is 28.3. The predicted molar refractivity (Wildman–Crippen MR) is 59.8 cm³/mol. The second kappa shape index (κ2) is 5.08. The zero-order valence-electron chi connectivity index (χ0n) is 8.23. The summed E-state index contributed by atoms with van der Waals surface area (Å²) in [6.45, 7) is 0.910. The molecule has 78 valence electrons. The predicted octanol–water partition coefficient (Wildman–Crippen LogP) is 0.499. The van der Waals surface area contributed by atoms with E-state index in [2.05, 4.69) is 17.5 Å². The Morgan fingerprint density at radius 2 is 2.08 bits per heavy atom. The molecule has 0 saturated carbocycles. The number of nitrogens with zero attached hydrogens (tertiary/aromatic N) is 2. The van der Waals surface area contributed by atoms with Crippen LogP contribution in [-0.4, -0.2) is 54.7 Å². The van der Waals surface area contributed by atoms with Gasteiger partial charge in [0.05, 0.1) is 6.04 Å². The summed E-state index contributed by atoms with van der Waals surface area (Å²) in [6, 6.07) is 0.0440. The zero-order chi connectivity index (χ0) is 9.30. The van der Waals surface area contributed by atoms with E-state index in [4.69, 9.17) is 0 Å². The molecule has 1 amide bonds. The molecule has 13 heavy (non-hydrogen) atoms. The summed E-state index contributed by atoms with van der Waals surface area (Å²) in [4.78, 5) is 15.3. The van der Waals surface area contributed by atoms with Gasteiger partial charge in [-0.25, -0.2) is 0 Å². The van der Waals surface area contributed by atoms with Crippen LogP contribution in [0.2, 0.25) is 0 Å². The number of likely N-dealkylation sites (tertiary alicyclic amines) is 1. The summed E-state index contributed by atoms with van der Waals surface area (Å²) in [7, 11) is 5.56. The third-order valence-electron chi connectivity index (χ3n) is 2.25. The lowest BCUT2D eigenvalue weighted by Crippen LogP contribution is -2.40. The molecule has 0 spiro atoms. The van der Waals surface area contributed by atoms with Gasteiger partial charge in [0, 0.05) is 25.9 Å². The highest BCUT2D eigenvalue weighted by atomic mass is 35.5. The molecule has 0 aromatic carbocycles. The summed E-state index contributed by atoms with van der Waals surface area (Å²) in [5, 5.41) is 0.351. The number of amides is 1. The maximum atomic E-state index is 11.6. The summed E-state index contributed by atoms with van der Waals surface area (Å²) < 4.78 is 0. The minimum absolute atomic E-state index is 0. The molecule has 1 saturated heterocycles. The van der Waals surface area contributed by atoms with Crippen LogP contribution >= 0.6 is 25.0 Å². The Bertz CT molecular complexity index is 189. The highest BCUT2D eigenvalue weighted by molar-refractivity contribution is 7.81. The molecule has 1 heterocycles. The minimum atomic E-state index is 0. The molecule has 3 nitrogen and oxygen atoms in total. The Morgan fingerprint density at radius 1 is 1.54 bits per heavy atom. The topological polar surface area (TPSA) is 23.6 Å². The summed E-state index contributed by atoms with van der Waals surface area (Å²) >= 11 is 4.36. The number of carbonyl (C=O) groups is 1. The first-order valence-electron chi connectivity index (χ1n) is 4.12. The molecule has 1 aliphatic heterocycles. The van der Waals surface area contributed by atoms with Gasteiger partial charge in [-0.05, 0) is 13.5 Å². The van der Waals surface area contributed by atoms with Crippen LogP contribution in [0.4, 0.5) is 0 Å². The van der Waals surface area contributed by atoms with E-state index in [0.717, 1.165) is 13.0 Å². The molecule has 0 bridgehead atoms. The van der Waals surface area contributed by atoms with Crippen LogP contribution in [0.1, 0.15) is 6.42 Å².